The summed E-state index contributed by atoms with van der Waals surface area (Å²) < 4.78 is 0. The molecule has 0 bridgehead atoms. The average molecular weight is 140 g/mol. The number of rotatable bonds is 0. The molecule has 2 saturated carbocycles. The molecule has 0 spiro atoms. The summed E-state index contributed by atoms with van der Waals surface area (Å²) in [5.41, 5.74) is 0. The van der Waals surface area contributed by atoms with Gasteiger partial charge in [-0.05, 0) is 31.1 Å². The molecule has 1 nitrogen and oxygen atoms in total. The van der Waals surface area contributed by atoms with Crippen LogP contribution < -0.4 is 0 Å². The van der Waals surface area contributed by atoms with E-state index in [1.54, 1.807) is 0 Å². The SMILES string of the molecule is O[C@H]1CCCC[C@@H]2C[C@@H]2C1. The molecule has 0 radical (unpaired) electrons. The first-order chi connectivity index (χ1) is 4.86. The van der Waals surface area contributed by atoms with Crippen LogP contribution in [-0.4, -0.2) is 11.2 Å². The second-order valence-electron chi connectivity index (χ2n) is 3.93. The van der Waals surface area contributed by atoms with E-state index in [-0.39, 0.29) is 6.10 Å². The molecule has 10 heavy (non-hydrogen) atoms. The van der Waals surface area contributed by atoms with Gasteiger partial charge < -0.3 is 5.11 Å². The number of hydrogen-bond acceptors (Lipinski definition) is 1. The monoisotopic (exact) mass is 140 g/mol. The Hall–Kier alpha value is -0.0400. The molecule has 0 heterocycles. The van der Waals surface area contributed by atoms with Crippen molar-refractivity contribution in [2.45, 2.75) is 44.6 Å². The lowest BCUT2D eigenvalue weighted by atomic mass is 9.99. The van der Waals surface area contributed by atoms with Gasteiger partial charge in [0.15, 0.2) is 0 Å². The lowest BCUT2D eigenvalue weighted by Crippen LogP contribution is -2.09. The normalized spacial score (nSPS) is 47.1. The fourth-order valence-corrected chi connectivity index (χ4v) is 2.21. The Morgan fingerprint density at radius 3 is 2.60 bits per heavy atom. The summed E-state index contributed by atoms with van der Waals surface area (Å²) in [4.78, 5) is 0. The Balaban J connectivity index is 1.85. The van der Waals surface area contributed by atoms with Gasteiger partial charge in [-0.2, -0.15) is 0 Å². The van der Waals surface area contributed by atoms with Crippen molar-refractivity contribution in [3.63, 3.8) is 0 Å². The summed E-state index contributed by atoms with van der Waals surface area (Å²) in [6, 6.07) is 0. The third-order valence-corrected chi connectivity index (χ3v) is 3.01. The molecule has 1 N–H and O–H groups in total. The van der Waals surface area contributed by atoms with Crippen LogP contribution >= 0.6 is 0 Å². The van der Waals surface area contributed by atoms with Gasteiger partial charge in [0.25, 0.3) is 0 Å². The van der Waals surface area contributed by atoms with Crippen LogP contribution in [-0.2, 0) is 0 Å². The number of hydrogen-bond donors (Lipinski definition) is 1. The van der Waals surface area contributed by atoms with Gasteiger partial charge >= 0.3 is 0 Å². The maximum Gasteiger partial charge on any atom is 0.0543 e. The molecular weight excluding hydrogens is 124 g/mol. The summed E-state index contributed by atoms with van der Waals surface area (Å²) in [6.45, 7) is 0. The van der Waals surface area contributed by atoms with Crippen molar-refractivity contribution >= 4 is 0 Å². The molecule has 2 fully saturated rings. The van der Waals surface area contributed by atoms with Crippen LogP contribution in [0, 0.1) is 11.8 Å². The van der Waals surface area contributed by atoms with Crippen LogP contribution in [0.25, 0.3) is 0 Å². The van der Waals surface area contributed by atoms with Gasteiger partial charge in [-0.1, -0.05) is 19.3 Å². The minimum absolute atomic E-state index is 0.0373. The van der Waals surface area contributed by atoms with E-state index < -0.39 is 0 Å². The van der Waals surface area contributed by atoms with Crippen LogP contribution in [0.15, 0.2) is 0 Å². The minimum Gasteiger partial charge on any atom is -0.393 e. The zero-order valence-corrected chi connectivity index (χ0v) is 6.42. The van der Waals surface area contributed by atoms with Gasteiger partial charge in [-0.25, -0.2) is 0 Å². The molecule has 0 amide bonds. The standard InChI is InChI=1S/C9H16O/c10-9-4-2-1-3-7-5-8(7)6-9/h7-10H,1-6H2/t7-,8-,9+/m1/s1. The molecule has 0 unspecified atom stereocenters. The highest BCUT2D eigenvalue weighted by molar-refractivity contribution is 4.89. The molecule has 2 aliphatic carbocycles. The van der Waals surface area contributed by atoms with Gasteiger partial charge in [-0.15, -0.1) is 0 Å². The highest BCUT2D eigenvalue weighted by atomic mass is 16.3. The molecule has 0 aromatic rings. The number of aliphatic hydroxyl groups excluding tert-OH is 1. The van der Waals surface area contributed by atoms with Crippen LogP contribution in [0.4, 0.5) is 0 Å². The zero-order valence-electron chi connectivity index (χ0n) is 6.42. The van der Waals surface area contributed by atoms with Crippen molar-refractivity contribution in [2.75, 3.05) is 0 Å². The predicted octanol–water partition coefficient (Wildman–Crippen LogP) is 1.95. The van der Waals surface area contributed by atoms with E-state index in [1.807, 2.05) is 0 Å². The third kappa shape index (κ3) is 1.34. The summed E-state index contributed by atoms with van der Waals surface area (Å²) in [5, 5.41) is 9.41. The van der Waals surface area contributed by atoms with E-state index in [1.165, 1.54) is 25.7 Å². The first-order valence-corrected chi connectivity index (χ1v) is 4.54. The van der Waals surface area contributed by atoms with Gasteiger partial charge in [0, 0.05) is 0 Å². The van der Waals surface area contributed by atoms with E-state index in [4.69, 9.17) is 0 Å². The predicted molar refractivity (Wildman–Crippen MR) is 40.7 cm³/mol. The van der Waals surface area contributed by atoms with E-state index in [0.717, 1.165) is 24.7 Å². The first-order valence-electron chi connectivity index (χ1n) is 4.54. The summed E-state index contributed by atoms with van der Waals surface area (Å²) in [6.07, 6.45) is 7.67. The third-order valence-electron chi connectivity index (χ3n) is 3.01. The molecule has 0 saturated heterocycles. The van der Waals surface area contributed by atoms with E-state index in [9.17, 15) is 5.11 Å². The smallest absolute Gasteiger partial charge is 0.0543 e. The maximum atomic E-state index is 9.41. The second-order valence-corrected chi connectivity index (χ2v) is 3.93. The first kappa shape index (κ1) is 6.66. The Morgan fingerprint density at radius 1 is 0.900 bits per heavy atom. The maximum absolute atomic E-state index is 9.41. The van der Waals surface area contributed by atoms with Crippen molar-refractivity contribution in [3.8, 4) is 0 Å². The Labute approximate surface area is 62.4 Å². The lowest BCUT2D eigenvalue weighted by molar-refractivity contribution is 0.137. The lowest BCUT2D eigenvalue weighted by Gasteiger charge is -2.12. The van der Waals surface area contributed by atoms with Gasteiger partial charge in [-0.3, -0.25) is 0 Å². The Kier molecular flexibility index (Phi) is 1.69. The number of fused-ring (bicyclic) bond motifs is 1. The molecule has 3 atom stereocenters. The summed E-state index contributed by atoms with van der Waals surface area (Å²) in [7, 11) is 0. The zero-order chi connectivity index (χ0) is 6.97. The molecule has 1 heteroatoms. The van der Waals surface area contributed by atoms with Gasteiger partial charge in [0.2, 0.25) is 0 Å². The molecule has 58 valence electrons. The van der Waals surface area contributed by atoms with Crippen molar-refractivity contribution in [1.82, 2.24) is 0 Å². The molecule has 2 rings (SSSR count). The molecule has 0 aromatic heterocycles. The highest BCUT2D eigenvalue weighted by Gasteiger charge is 2.38. The van der Waals surface area contributed by atoms with Crippen molar-refractivity contribution in [2.24, 2.45) is 11.8 Å². The molecule has 0 aliphatic heterocycles. The Morgan fingerprint density at radius 2 is 1.70 bits per heavy atom. The average Bonchev–Trinajstić information content (AvgIpc) is 2.54. The van der Waals surface area contributed by atoms with Crippen LogP contribution in [0.5, 0.6) is 0 Å². The van der Waals surface area contributed by atoms with Crippen LogP contribution in [0.2, 0.25) is 0 Å². The molecular formula is C9H16O. The fraction of sp³-hybridized carbons (Fsp3) is 1.00. The minimum atomic E-state index is 0.0373. The van der Waals surface area contributed by atoms with E-state index in [0.29, 0.717) is 0 Å². The Bertz CT molecular complexity index is 122. The highest BCUT2D eigenvalue weighted by Crippen LogP contribution is 2.47. The summed E-state index contributed by atoms with van der Waals surface area (Å²) >= 11 is 0. The van der Waals surface area contributed by atoms with Crippen LogP contribution in [0.1, 0.15) is 38.5 Å². The second kappa shape index (κ2) is 2.54. The van der Waals surface area contributed by atoms with Crippen molar-refractivity contribution in [3.05, 3.63) is 0 Å². The molecule has 0 aromatic carbocycles. The van der Waals surface area contributed by atoms with E-state index >= 15 is 0 Å². The topological polar surface area (TPSA) is 20.2 Å². The van der Waals surface area contributed by atoms with E-state index in [2.05, 4.69) is 0 Å². The molecule has 2 aliphatic rings. The van der Waals surface area contributed by atoms with Crippen molar-refractivity contribution in [1.29, 1.82) is 0 Å². The number of aliphatic hydroxyl groups is 1. The fourth-order valence-electron chi connectivity index (χ4n) is 2.21. The van der Waals surface area contributed by atoms with Crippen molar-refractivity contribution < 1.29 is 5.11 Å². The quantitative estimate of drug-likeness (QED) is 0.545. The largest absolute Gasteiger partial charge is 0.393 e. The van der Waals surface area contributed by atoms with Crippen LogP contribution in [0.3, 0.4) is 0 Å². The van der Waals surface area contributed by atoms with Gasteiger partial charge in [0.05, 0.1) is 6.10 Å². The summed E-state index contributed by atoms with van der Waals surface area (Å²) in [5.74, 6) is 1.92. The van der Waals surface area contributed by atoms with Gasteiger partial charge in [0.1, 0.15) is 0 Å².